The number of esters is 1. The van der Waals surface area contributed by atoms with Crippen LogP contribution in [0.3, 0.4) is 0 Å². The number of rotatable bonds is 9. The quantitative estimate of drug-likeness (QED) is 0.284. The molecule has 4 rings (SSSR count). The lowest BCUT2D eigenvalue weighted by atomic mass is 10.0. The van der Waals surface area contributed by atoms with E-state index in [0.29, 0.717) is 34.9 Å². The van der Waals surface area contributed by atoms with E-state index >= 15 is 0 Å². The molecule has 0 atom stereocenters. The number of aromatic nitrogens is 3. The summed E-state index contributed by atoms with van der Waals surface area (Å²) < 4.78 is 13.6. The number of carbonyl (C=O) groups excluding carboxylic acids is 1. The molecule has 0 aliphatic heterocycles. The number of nitrogens with zero attached hydrogens (tertiary/aromatic N) is 3. The van der Waals surface area contributed by atoms with E-state index in [9.17, 15) is 9.59 Å². The van der Waals surface area contributed by atoms with E-state index in [1.165, 1.54) is 4.57 Å². The van der Waals surface area contributed by atoms with Crippen molar-refractivity contribution < 1.29 is 14.3 Å². The Morgan fingerprint density at radius 3 is 2.49 bits per heavy atom. The van der Waals surface area contributed by atoms with Gasteiger partial charge in [0.1, 0.15) is 10.8 Å². The highest BCUT2D eigenvalue weighted by Gasteiger charge is 2.20. The van der Waals surface area contributed by atoms with Crippen LogP contribution in [0, 0.1) is 0 Å². The first kappa shape index (κ1) is 26.3. The molecule has 0 unspecified atom stereocenters. The van der Waals surface area contributed by atoms with Crippen molar-refractivity contribution in [3.05, 3.63) is 104 Å². The van der Waals surface area contributed by atoms with E-state index in [4.69, 9.17) is 32.7 Å². The maximum Gasteiger partial charge on any atom is 0.359 e. The fraction of sp³-hybridized carbons (Fsp3) is 0.222. The molecule has 0 saturated heterocycles. The van der Waals surface area contributed by atoms with Crippen LogP contribution < -0.4 is 15.6 Å². The molecule has 2 aromatic carbocycles. The Labute approximate surface area is 224 Å². The van der Waals surface area contributed by atoms with Crippen LogP contribution in [0.25, 0.3) is 0 Å². The van der Waals surface area contributed by atoms with Gasteiger partial charge in [0.15, 0.2) is 5.69 Å². The number of ether oxygens (including phenoxy) is 2. The van der Waals surface area contributed by atoms with E-state index in [-0.39, 0.29) is 22.9 Å². The summed E-state index contributed by atoms with van der Waals surface area (Å²) in [6.07, 6.45) is 3.88. The minimum Gasteiger partial charge on any atom is -0.497 e. The van der Waals surface area contributed by atoms with Gasteiger partial charge in [0.05, 0.1) is 25.9 Å². The van der Waals surface area contributed by atoms with Crippen molar-refractivity contribution in [2.75, 3.05) is 19.0 Å². The van der Waals surface area contributed by atoms with E-state index < -0.39 is 5.97 Å². The Bertz CT molecular complexity index is 1450. The molecule has 0 bridgehead atoms. The van der Waals surface area contributed by atoms with Gasteiger partial charge >= 0.3 is 5.97 Å². The van der Waals surface area contributed by atoms with Gasteiger partial charge in [-0.3, -0.25) is 9.48 Å². The van der Waals surface area contributed by atoms with Gasteiger partial charge in [-0.1, -0.05) is 41.4 Å². The molecule has 0 aliphatic carbocycles. The number of halogens is 2. The molecule has 4 aromatic rings. The van der Waals surface area contributed by atoms with Crippen molar-refractivity contribution in [1.82, 2.24) is 14.3 Å². The molecule has 0 fully saturated rings. The number of aryl methyl sites for hydroxylation is 1. The summed E-state index contributed by atoms with van der Waals surface area (Å²) in [5.41, 5.74) is 3.87. The molecule has 0 aliphatic rings. The van der Waals surface area contributed by atoms with Crippen LogP contribution in [-0.2, 0) is 24.8 Å². The van der Waals surface area contributed by atoms with Gasteiger partial charge < -0.3 is 19.4 Å². The van der Waals surface area contributed by atoms with Crippen LogP contribution in [0.1, 0.15) is 34.1 Å². The first-order valence-electron chi connectivity index (χ1n) is 11.6. The molecule has 37 heavy (non-hydrogen) atoms. The van der Waals surface area contributed by atoms with Gasteiger partial charge in [-0.15, -0.1) is 0 Å². The lowest BCUT2D eigenvalue weighted by molar-refractivity contribution is 0.0517. The Balaban J connectivity index is 1.67. The largest absolute Gasteiger partial charge is 0.497 e. The van der Waals surface area contributed by atoms with Gasteiger partial charge in [0.2, 0.25) is 0 Å². The zero-order valence-corrected chi connectivity index (χ0v) is 22.1. The summed E-state index contributed by atoms with van der Waals surface area (Å²) in [5, 5.41) is 8.45. The zero-order chi connectivity index (χ0) is 26.5. The minimum atomic E-state index is -0.487. The number of hydrogen-bond acceptors (Lipinski definition) is 6. The molecule has 192 valence electrons. The van der Waals surface area contributed by atoms with Crippen LogP contribution in [0.4, 0.5) is 11.4 Å². The van der Waals surface area contributed by atoms with Crippen LogP contribution in [0.15, 0.2) is 65.7 Å². The smallest absolute Gasteiger partial charge is 0.359 e. The summed E-state index contributed by atoms with van der Waals surface area (Å²) in [4.78, 5) is 24.7. The maximum atomic E-state index is 12.7. The second-order valence-electron chi connectivity index (χ2n) is 8.37. The molecule has 0 saturated carbocycles. The highest BCUT2D eigenvalue weighted by molar-refractivity contribution is 6.31. The maximum absolute atomic E-state index is 12.7. The van der Waals surface area contributed by atoms with Crippen molar-refractivity contribution in [2.45, 2.75) is 19.9 Å². The predicted molar refractivity (Wildman–Crippen MR) is 145 cm³/mol. The molecule has 0 amide bonds. The van der Waals surface area contributed by atoms with Crippen LogP contribution in [-0.4, -0.2) is 34.0 Å². The predicted octanol–water partition coefficient (Wildman–Crippen LogP) is 5.46. The number of methoxy groups -OCH3 is 1. The van der Waals surface area contributed by atoms with Gasteiger partial charge in [0, 0.05) is 42.1 Å². The third-order valence-corrected chi connectivity index (χ3v) is 6.19. The van der Waals surface area contributed by atoms with Crippen molar-refractivity contribution in [3.63, 3.8) is 0 Å². The summed E-state index contributed by atoms with van der Waals surface area (Å²) in [6, 6.07) is 14.7. The summed E-state index contributed by atoms with van der Waals surface area (Å²) in [6.45, 7) is 2.47. The third kappa shape index (κ3) is 6.34. The van der Waals surface area contributed by atoms with Crippen LogP contribution in [0.2, 0.25) is 10.0 Å². The molecule has 0 radical (unpaired) electrons. The number of hydrogen-bond donors (Lipinski definition) is 1. The highest BCUT2D eigenvalue weighted by atomic mass is 35.5. The normalized spacial score (nSPS) is 10.8. The molecule has 0 spiro atoms. The second-order valence-corrected chi connectivity index (χ2v) is 9.21. The van der Waals surface area contributed by atoms with Gasteiger partial charge in [-0.2, -0.15) is 5.10 Å². The number of benzene rings is 2. The Hall–Kier alpha value is -3.75. The molecule has 2 aromatic heterocycles. The van der Waals surface area contributed by atoms with Gasteiger partial charge in [-0.05, 0) is 48.4 Å². The van der Waals surface area contributed by atoms with Crippen LogP contribution in [0.5, 0.6) is 5.75 Å². The number of carbonyl (C=O) groups is 1. The SMILES string of the molecule is CCOC(=O)c1nn(Cc2ccc(OC)cc2)cc1Cc1ccc(Cl)cc1Nc1cc(Cl)c(=O)n(C)c1. The van der Waals surface area contributed by atoms with Gasteiger partial charge in [-0.25, -0.2) is 4.79 Å². The summed E-state index contributed by atoms with van der Waals surface area (Å²) >= 11 is 12.4. The monoisotopic (exact) mass is 540 g/mol. The fourth-order valence-electron chi connectivity index (χ4n) is 3.88. The first-order chi connectivity index (χ1) is 17.8. The average Bonchev–Trinajstić information content (AvgIpc) is 3.27. The first-order valence-corrected chi connectivity index (χ1v) is 12.3. The molecule has 8 nitrogen and oxygen atoms in total. The standard InChI is InChI=1S/C27H26Cl2N4O4/c1-4-37-27(35)25-19(15-33(31-25)14-17-5-9-22(36-3)10-6-17)11-18-7-8-20(28)12-24(18)30-21-13-23(29)26(34)32(2)16-21/h5-10,12-13,15-16,30H,4,11,14H2,1-3H3. The Morgan fingerprint density at radius 1 is 1.05 bits per heavy atom. The Morgan fingerprint density at radius 2 is 1.81 bits per heavy atom. The van der Waals surface area contributed by atoms with Crippen molar-refractivity contribution >= 4 is 40.5 Å². The van der Waals surface area contributed by atoms with E-state index in [2.05, 4.69) is 10.4 Å². The van der Waals surface area contributed by atoms with E-state index in [0.717, 1.165) is 16.9 Å². The van der Waals surface area contributed by atoms with E-state index in [1.807, 2.05) is 36.5 Å². The minimum absolute atomic E-state index is 0.0977. The van der Waals surface area contributed by atoms with E-state index in [1.54, 1.807) is 50.2 Å². The lowest BCUT2D eigenvalue weighted by Crippen LogP contribution is -2.16. The molecular formula is C27H26Cl2N4O4. The Kier molecular flexibility index (Phi) is 8.21. The van der Waals surface area contributed by atoms with Crippen molar-refractivity contribution in [1.29, 1.82) is 0 Å². The van der Waals surface area contributed by atoms with Gasteiger partial charge in [0.25, 0.3) is 5.56 Å². The lowest BCUT2D eigenvalue weighted by Gasteiger charge is -2.14. The van der Waals surface area contributed by atoms with Crippen LogP contribution >= 0.6 is 23.2 Å². The molecular weight excluding hydrogens is 515 g/mol. The average molecular weight is 541 g/mol. The molecule has 10 heteroatoms. The molecule has 1 N–H and O–H groups in total. The highest BCUT2D eigenvalue weighted by Crippen LogP contribution is 2.28. The summed E-state index contributed by atoms with van der Waals surface area (Å²) in [5.74, 6) is 0.277. The zero-order valence-electron chi connectivity index (χ0n) is 20.6. The number of nitrogens with one attached hydrogen (secondary N) is 1. The van der Waals surface area contributed by atoms with Crippen molar-refractivity contribution in [3.8, 4) is 5.75 Å². The fourth-order valence-corrected chi connectivity index (χ4v) is 4.30. The third-order valence-electron chi connectivity index (χ3n) is 5.68. The number of pyridine rings is 1. The topological polar surface area (TPSA) is 87.4 Å². The van der Waals surface area contributed by atoms with Crippen molar-refractivity contribution in [2.24, 2.45) is 7.05 Å². The number of anilines is 2. The summed E-state index contributed by atoms with van der Waals surface area (Å²) in [7, 11) is 3.24. The molecule has 2 heterocycles. The second kappa shape index (κ2) is 11.5.